The molecule has 0 bridgehead atoms. The van der Waals surface area contributed by atoms with Gasteiger partial charge >= 0.3 is 6.03 Å². The van der Waals surface area contributed by atoms with Gasteiger partial charge in [0.1, 0.15) is 9.84 Å². The molecular weight excluding hydrogens is 312 g/mol. The van der Waals surface area contributed by atoms with Crippen molar-refractivity contribution in [3.05, 3.63) is 35.9 Å². The molecule has 0 heterocycles. The van der Waals surface area contributed by atoms with Crippen LogP contribution in [-0.4, -0.2) is 43.9 Å². The number of sulfone groups is 1. The van der Waals surface area contributed by atoms with Crippen molar-refractivity contribution in [1.29, 1.82) is 0 Å². The van der Waals surface area contributed by atoms with E-state index in [9.17, 15) is 13.2 Å². The molecular formula is C17H28N2O3S. The van der Waals surface area contributed by atoms with Gasteiger partial charge < -0.3 is 10.2 Å². The molecule has 0 fully saturated rings. The Morgan fingerprint density at radius 3 is 2.17 bits per heavy atom. The highest BCUT2D eigenvalue weighted by Gasteiger charge is 2.25. The van der Waals surface area contributed by atoms with Crippen molar-refractivity contribution in [2.24, 2.45) is 5.92 Å². The van der Waals surface area contributed by atoms with E-state index < -0.39 is 9.84 Å². The molecule has 1 N–H and O–H groups in total. The summed E-state index contributed by atoms with van der Waals surface area (Å²) in [6, 6.07) is 9.10. The lowest BCUT2D eigenvalue weighted by molar-refractivity contribution is 0.180. The quantitative estimate of drug-likeness (QED) is 0.830. The molecule has 0 spiro atoms. The van der Waals surface area contributed by atoms with Gasteiger partial charge in [0.2, 0.25) is 0 Å². The maximum absolute atomic E-state index is 12.6. The van der Waals surface area contributed by atoms with E-state index in [-0.39, 0.29) is 29.8 Å². The first kappa shape index (κ1) is 19.5. The van der Waals surface area contributed by atoms with Gasteiger partial charge in [0.05, 0.1) is 11.8 Å². The predicted octanol–water partition coefficient (Wildman–Crippen LogP) is 2.85. The van der Waals surface area contributed by atoms with Crippen molar-refractivity contribution in [2.75, 3.05) is 18.6 Å². The Morgan fingerprint density at radius 2 is 1.74 bits per heavy atom. The van der Waals surface area contributed by atoms with Gasteiger partial charge in [-0.2, -0.15) is 0 Å². The molecule has 0 aromatic heterocycles. The van der Waals surface area contributed by atoms with Crippen LogP contribution in [0.2, 0.25) is 0 Å². The van der Waals surface area contributed by atoms with Gasteiger partial charge in [-0.15, -0.1) is 0 Å². The van der Waals surface area contributed by atoms with E-state index in [0.29, 0.717) is 6.54 Å². The van der Waals surface area contributed by atoms with Crippen LogP contribution in [-0.2, 0) is 9.84 Å². The fraction of sp³-hybridized carbons (Fsp3) is 0.588. The van der Waals surface area contributed by atoms with Gasteiger partial charge in [0.25, 0.3) is 0 Å². The van der Waals surface area contributed by atoms with Gasteiger partial charge in [-0.1, -0.05) is 44.2 Å². The molecule has 0 saturated carbocycles. The summed E-state index contributed by atoms with van der Waals surface area (Å²) in [4.78, 5) is 14.2. The van der Waals surface area contributed by atoms with Crippen molar-refractivity contribution in [3.63, 3.8) is 0 Å². The minimum absolute atomic E-state index is 0.0358. The fourth-order valence-electron chi connectivity index (χ4n) is 2.69. The number of hydrogen-bond acceptors (Lipinski definition) is 3. The lowest BCUT2D eigenvalue weighted by Crippen LogP contribution is -2.48. The number of nitrogens with zero attached hydrogens (tertiary/aromatic N) is 1. The molecule has 130 valence electrons. The normalized spacial score (nSPS) is 14.3. The Labute approximate surface area is 140 Å². The molecule has 1 aromatic rings. The van der Waals surface area contributed by atoms with E-state index in [1.807, 2.05) is 51.1 Å². The highest BCUT2D eigenvalue weighted by Crippen LogP contribution is 2.21. The van der Waals surface area contributed by atoms with E-state index >= 15 is 0 Å². The number of amides is 2. The summed E-state index contributed by atoms with van der Waals surface area (Å²) in [6.07, 6.45) is 1.19. The van der Waals surface area contributed by atoms with Crippen LogP contribution in [0.4, 0.5) is 4.79 Å². The summed E-state index contributed by atoms with van der Waals surface area (Å²) in [5.41, 5.74) is 1.04. The number of nitrogens with one attached hydrogen (secondary N) is 1. The average Bonchev–Trinajstić information content (AvgIpc) is 2.44. The zero-order valence-electron chi connectivity index (χ0n) is 14.6. The van der Waals surface area contributed by atoms with E-state index in [4.69, 9.17) is 0 Å². The van der Waals surface area contributed by atoms with Crippen molar-refractivity contribution in [1.82, 2.24) is 10.2 Å². The van der Waals surface area contributed by atoms with Crippen LogP contribution in [0.25, 0.3) is 0 Å². The van der Waals surface area contributed by atoms with Gasteiger partial charge in [0.15, 0.2) is 0 Å². The summed E-state index contributed by atoms with van der Waals surface area (Å²) in [7, 11) is -3.13. The topological polar surface area (TPSA) is 66.5 Å². The van der Waals surface area contributed by atoms with E-state index in [1.54, 1.807) is 11.8 Å². The molecule has 0 radical (unpaired) electrons. The maximum Gasteiger partial charge on any atom is 0.318 e. The Morgan fingerprint density at radius 1 is 1.17 bits per heavy atom. The molecule has 0 aliphatic carbocycles. The summed E-state index contributed by atoms with van der Waals surface area (Å²) < 4.78 is 23.0. The molecule has 5 nitrogen and oxygen atoms in total. The fourth-order valence-corrected chi connectivity index (χ4v) is 3.75. The number of benzene rings is 1. The molecule has 6 heteroatoms. The number of rotatable bonds is 7. The standard InChI is InChI=1S/C17H28N2O3S/c1-6-19(14(4)12-23(5,21)22)17(20)18-16(13(2)3)15-10-8-7-9-11-15/h7-11,13-14,16H,6,12H2,1-5H3,(H,18,20)/t14-,16-/m1/s1. The largest absolute Gasteiger partial charge is 0.331 e. The molecule has 0 aliphatic rings. The monoisotopic (exact) mass is 340 g/mol. The van der Waals surface area contributed by atoms with Gasteiger partial charge in [-0.25, -0.2) is 13.2 Å². The van der Waals surface area contributed by atoms with Crippen molar-refractivity contribution in [3.8, 4) is 0 Å². The third-order valence-corrected chi connectivity index (χ3v) is 4.87. The number of carbonyl (C=O) groups excluding carboxylic acids is 1. The summed E-state index contributed by atoms with van der Waals surface area (Å²) in [6.45, 7) is 8.17. The second-order valence-corrected chi connectivity index (χ2v) is 8.49. The van der Waals surface area contributed by atoms with Gasteiger partial charge in [0, 0.05) is 18.8 Å². The molecule has 1 rings (SSSR count). The van der Waals surface area contributed by atoms with Crippen LogP contribution < -0.4 is 5.32 Å². The molecule has 0 unspecified atom stereocenters. The molecule has 2 atom stereocenters. The van der Waals surface area contributed by atoms with Gasteiger partial charge in [-0.3, -0.25) is 0 Å². The van der Waals surface area contributed by atoms with Crippen LogP contribution in [0.3, 0.4) is 0 Å². The molecule has 2 amide bonds. The highest BCUT2D eigenvalue weighted by molar-refractivity contribution is 7.90. The predicted molar refractivity (Wildman–Crippen MR) is 94.1 cm³/mol. The Kier molecular flexibility index (Phi) is 7.06. The second-order valence-electron chi connectivity index (χ2n) is 6.31. The first-order chi connectivity index (χ1) is 10.7. The van der Waals surface area contributed by atoms with Crippen molar-refractivity contribution in [2.45, 2.75) is 39.8 Å². The van der Waals surface area contributed by atoms with Gasteiger partial charge in [-0.05, 0) is 25.3 Å². The van der Waals surface area contributed by atoms with E-state index in [1.165, 1.54) is 6.26 Å². The van der Waals surface area contributed by atoms with Crippen LogP contribution in [0.5, 0.6) is 0 Å². The van der Waals surface area contributed by atoms with Crippen LogP contribution in [0.15, 0.2) is 30.3 Å². The van der Waals surface area contributed by atoms with E-state index in [2.05, 4.69) is 5.32 Å². The summed E-state index contributed by atoms with van der Waals surface area (Å²) in [5, 5.41) is 3.04. The third-order valence-electron chi connectivity index (χ3n) is 3.78. The zero-order chi connectivity index (χ0) is 17.6. The molecule has 0 aliphatic heterocycles. The lowest BCUT2D eigenvalue weighted by atomic mass is 9.96. The van der Waals surface area contributed by atoms with E-state index in [0.717, 1.165) is 5.56 Å². The van der Waals surface area contributed by atoms with Crippen molar-refractivity contribution < 1.29 is 13.2 Å². The Balaban J connectivity index is 2.88. The molecule has 0 saturated heterocycles. The number of carbonyl (C=O) groups is 1. The third kappa shape index (κ3) is 6.22. The minimum Gasteiger partial charge on any atom is -0.331 e. The minimum atomic E-state index is -3.13. The summed E-state index contributed by atoms with van der Waals surface area (Å²) >= 11 is 0. The zero-order valence-corrected chi connectivity index (χ0v) is 15.4. The smallest absolute Gasteiger partial charge is 0.318 e. The molecule has 23 heavy (non-hydrogen) atoms. The van der Waals surface area contributed by atoms with Crippen LogP contribution in [0, 0.1) is 5.92 Å². The first-order valence-corrected chi connectivity index (χ1v) is 10.0. The Hall–Kier alpha value is -1.56. The molecule has 1 aromatic carbocycles. The maximum atomic E-state index is 12.6. The second kappa shape index (κ2) is 8.34. The van der Waals surface area contributed by atoms with Crippen LogP contribution >= 0.6 is 0 Å². The highest BCUT2D eigenvalue weighted by atomic mass is 32.2. The SMILES string of the molecule is CCN(C(=O)N[C@@H](c1ccccc1)C(C)C)[C@H](C)CS(C)(=O)=O. The lowest BCUT2D eigenvalue weighted by Gasteiger charge is -2.31. The average molecular weight is 340 g/mol. The van der Waals surface area contributed by atoms with Crippen molar-refractivity contribution >= 4 is 15.9 Å². The first-order valence-electron chi connectivity index (χ1n) is 7.95. The number of hydrogen-bond donors (Lipinski definition) is 1. The van der Waals surface area contributed by atoms with Crippen LogP contribution in [0.1, 0.15) is 39.3 Å². The summed E-state index contributed by atoms with van der Waals surface area (Å²) in [5.74, 6) is 0.191. The number of urea groups is 1. The Bertz CT molecular complexity index is 600.